The summed E-state index contributed by atoms with van der Waals surface area (Å²) >= 11 is 0. The fourth-order valence-corrected chi connectivity index (χ4v) is 2.96. The third kappa shape index (κ3) is 6.53. The van der Waals surface area contributed by atoms with E-state index in [0.717, 1.165) is 33.9 Å². The van der Waals surface area contributed by atoms with Gasteiger partial charge in [0.2, 0.25) is 0 Å². The Bertz CT molecular complexity index is 1120. The van der Waals surface area contributed by atoms with Crippen molar-refractivity contribution in [2.45, 2.75) is 91.3 Å². The van der Waals surface area contributed by atoms with Crippen LogP contribution in [0.15, 0.2) is 42.6 Å². The summed E-state index contributed by atoms with van der Waals surface area (Å²) < 4.78 is 5.85. The maximum atomic E-state index is 10.3. The molecule has 0 saturated carbocycles. The number of hydrogen-bond donors (Lipinski definition) is 1. The van der Waals surface area contributed by atoms with Gasteiger partial charge in [-0.15, -0.1) is 0 Å². The van der Waals surface area contributed by atoms with Crippen molar-refractivity contribution in [2.24, 2.45) is 0 Å². The van der Waals surface area contributed by atoms with Gasteiger partial charge in [0.15, 0.2) is 5.82 Å². The van der Waals surface area contributed by atoms with Crippen LogP contribution in [0.2, 0.25) is 0 Å². The lowest BCUT2D eigenvalue weighted by Gasteiger charge is -2.37. The van der Waals surface area contributed by atoms with Crippen molar-refractivity contribution in [3.05, 3.63) is 54.2 Å². The van der Waals surface area contributed by atoms with E-state index in [-0.39, 0.29) is 10.8 Å². The smallest absolute Gasteiger partial charge is 0.330 e. The van der Waals surface area contributed by atoms with Gasteiger partial charge in [-0.2, -0.15) is 0 Å². The Labute approximate surface area is 210 Å². The molecule has 2 aromatic heterocycles. The molecule has 0 atom stereocenters. The first-order valence-electron chi connectivity index (χ1n) is 12.0. The first kappa shape index (κ1) is 27.0. The van der Waals surface area contributed by atoms with E-state index in [1.54, 1.807) is 21.3 Å². The number of aliphatic hydroxyl groups is 1. The Balaban J connectivity index is 1.82. The summed E-state index contributed by atoms with van der Waals surface area (Å²) in [7, 11) is 1.68. The van der Waals surface area contributed by atoms with Crippen LogP contribution in [0.25, 0.3) is 22.6 Å². The third-order valence-corrected chi connectivity index (χ3v) is 6.17. The average Bonchev–Trinajstić information content (AvgIpc) is 2.76. The number of benzene rings is 1. The Morgan fingerprint density at radius 2 is 1.20 bits per heavy atom. The molecule has 1 N–H and O–H groups in total. The van der Waals surface area contributed by atoms with Gasteiger partial charge in [-0.3, -0.25) is 4.98 Å². The van der Waals surface area contributed by atoms with Crippen LogP contribution in [0.4, 0.5) is 0 Å². The van der Waals surface area contributed by atoms with Gasteiger partial charge in [-0.05, 0) is 39.8 Å². The van der Waals surface area contributed by atoms with Gasteiger partial charge in [-0.25, -0.2) is 15.0 Å². The molecule has 7 heteroatoms. The molecule has 0 aliphatic heterocycles. The van der Waals surface area contributed by atoms with E-state index in [0.29, 0.717) is 5.82 Å². The van der Waals surface area contributed by atoms with E-state index in [4.69, 9.17) is 19.6 Å². The van der Waals surface area contributed by atoms with Crippen molar-refractivity contribution >= 4 is 12.9 Å². The highest BCUT2D eigenvalue weighted by atomic mass is 16.5. The normalized spacial score (nSPS) is 13.1. The minimum Gasteiger partial charge on any atom is -0.427 e. The zero-order chi connectivity index (χ0) is 26.2. The highest BCUT2D eigenvalue weighted by molar-refractivity contribution is 6.47. The van der Waals surface area contributed by atoms with Crippen LogP contribution in [0.5, 0.6) is 0 Å². The van der Waals surface area contributed by atoms with Crippen LogP contribution < -0.4 is 5.46 Å². The molecular formula is C28H38BN4O2. The van der Waals surface area contributed by atoms with E-state index in [9.17, 15) is 5.11 Å². The number of pyridine rings is 1. The highest BCUT2D eigenvalue weighted by Gasteiger charge is 2.35. The van der Waals surface area contributed by atoms with Crippen LogP contribution in [0.3, 0.4) is 0 Å². The molecule has 2 heterocycles. The fourth-order valence-electron chi connectivity index (χ4n) is 2.96. The first-order chi connectivity index (χ1) is 16.0. The molecular weight excluding hydrogens is 435 g/mol. The van der Waals surface area contributed by atoms with Gasteiger partial charge < -0.3 is 9.76 Å². The Hall–Kier alpha value is -2.64. The summed E-state index contributed by atoms with van der Waals surface area (Å²) in [6, 6.07) is 12.0. The van der Waals surface area contributed by atoms with Gasteiger partial charge in [-0.1, -0.05) is 71.3 Å². The second kappa shape index (κ2) is 9.43. The summed E-state index contributed by atoms with van der Waals surface area (Å²) in [6.07, 6.45) is 1.82. The Morgan fingerprint density at radius 1 is 0.686 bits per heavy atom. The Kier molecular flexibility index (Phi) is 7.27. The average molecular weight is 473 g/mol. The van der Waals surface area contributed by atoms with Crippen molar-refractivity contribution in [1.29, 1.82) is 0 Å². The highest BCUT2D eigenvalue weighted by Crippen LogP contribution is 2.27. The number of aromatic nitrogens is 4. The molecule has 0 aliphatic rings. The Morgan fingerprint density at radius 3 is 1.63 bits per heavy atom. The molecule has 0 spiro atoms. The lowest BCUT2D eigenvalue weighted by molar-refractivity contribution is -0.0893. The standard InChI is InChI=1S/C28H38BN4O2/c1-25(2,3)23-31-22(32-24(33-23)26(4,5)6)19-13-16-21(30-17-19)18-11-14-20(15-12-18)29-35-28(9,10)27(7,8)34/h11-17,34H,1-10H3. The monoisotopic (exact) mass is 473 g/mol. The van der Waals surface area contributed by atoms with Crippen LogP contribution in [-0.4, -0.2) is 43.7 Å². The number of rotatable bonds is 6. The minimum absolute atomic E-state index is 0.185. The quantitative estimate of drug-likeness (QED) is 0.507. The first-order valence-corrected chi connectivity index (χ1v) is 12.0. The SMILES string of the molecule is CC(C)(C)c1nc(-c2ccc(-c3ccc([B]OC(C)(C)C(C)(C)O)cc3)nc2)nc(C(C)(C)C)n1. The maximum Gasteiger partial charge on any atom is 0.330 e. The summed E-state index contributed by atoms with van der Waals surface area (Å²) in [4.78, 5) is 19.0. The molecule has 3 rings (SSSR count). The molecule has 35 heavy (non-hydrogen) atoms. The van der Waals surface area contributed by atoms with Crippen LogP contribution in [-0.2, 0) is 15.5 Å². The molecule has 0 unspecified atom stereocenters. The van der Waals surface area contributed by atoms with Gasteiger partial charge in [0.05, 0.1) is 16.9 Å². The molecule has 3 aromatic rings. The van der Waals surface area contributed by atoms with Gasteiger partial charge in [0.1, 0.15) is 11.6 Å². The second-order valence-corrected chi connectivity index (χ2v) is 12.2. The van der Waals surface area contributed by atoms with E-state index in [2.05, 4.69) is 46.5 Å². The molecule has 185 valence electrons. The van der Waals surface area contributed by atoms with Crippen molar-refractivity contribution in [3.63, 3.8) is 0 Å². The maximum absolute atomic E-state index is 10.3. The lowest BCUT2D eigenvalue weighted by Crippen LogP contribution is -2.49. The van der Waals surface area contributed by atoms with Crippen molar-refractivity contribution in [2.75, 3.05) is 0 Å². The molecule has 6 nitrogen and oxygen atoms in total. The summed E-state index contributed by atoms with van der Waals surface area (Å²) in [5.74, 6) is 2.20. The minimum atomic E-state index is -0.963. The van der Waals surface area contributed by atoms with Crippen molar-refractivity contribution in [3.8, 4) is 22.6 Å². The topological polar surface area (TPSA) is 81.0 Å². The summed E-state index contributed by atoms with van der Waals surface area (Å²) in [5.41, 5.74) is 1.59. The molecule has 1 aromatic carbocycles. The van der Waals surface area contributed by atoms with E-state index < -0.39 is 11.2 Å². The predicted molar refractivity (Wildman–Crippen MR) is 143 cm³/mol. The van der Waals surface area contributed by atoms with Crippen LogP contribution >= 0.6 is 0 Å². The predicted octanol–water partition coefficient (Wildman–Crippen LogP) is 5.01. The number of nitrogens with zero attached hydrogens (tertiary/aromatic N) is 4. The molecule has 1 radical (unpaired) electrons. The molecule has 0 aliphatic carbocycles. The van der Waals surface area contributed by atoms with E-state index in [1.165, 1.54) is 0 Å². The molecule has 0 saturated heterocycles. The summed E-state index contributed by atoms with van der Waals surface area (Å²) in [5, 5.41) is 10.3. The van der Waals surface area contributed by atoms with Gasteiger partial charge in [0, 0.05) is 28.2 Å². The second-order valence-electron chi connectivity index (χ2n) is 12.2. The van der Waals surface area contributed by atoms with Crippen LogP contribution in [0.1, 0.15) is 80.9 Å². The lowest BCUT2D eigenvalue weighted by atomic mass is 9.82. The zero-order valence-corrected chi connectivity index (χ0v) is 22.8. The largest absolute Gasteiger partial charge is 0.427 e. The van der Waals surface area contributed by atoms with Crippen molar-refractivity contribution in [1.82, 2.24) is 19.9 Å². The zero-order valence-electron chi connectivity index (χ0n) is 22.8. The van der Waals surface area contributed by atoms with E-state index >= 15 is 0 Å². The van der Waals surface area contributed by atoms with Crippen LogP contribution in [0, 0.1) is 0 Å². The van der Waals surface area contributed by atoms with Gasteiger partial charge >= 0.3 is 7.48 Å². The molecule has 0 bridgehead atoms. The third-order valence-electron chi connectivity index (χ3n) is 6.17. The molecule has 0 fully saturated rings. The van der Waals surface area contributed by atoms with E-state index in [1.807, 2.05) is 56.4 Å². The molecule has 0 amide bonds. The van der Waals surface area contributed by atoms with Gasteiger partial charge in [0.25, 0.3) is 0 Å². The number of hydrogen-bond acceptors (Lipinski definition) is 6. The summed E-state index contributed by atoms with van der Waals surface area (Å²) in [6.45, 7) is 19.9. The van der Waals surface area contributed by atoms with Crippen molar-refractivity contribution < 1.29 is 9.76 Å². The fraction of sp³-hybridized carbons (Fsp3) is 0.500.